The molecule has 0 aromatic carbocycles. The second kappa shape index (κ2) is 8.76. The fourth-order valence-corrected chi connectivity index (χ4v) is 4.44. The van der Waals surface area contributed by atoms with Gasteiger partial charge in [-0.2, -0.15) is 0 Å². The first-order valence-electron chi connectivity index (χ1n) is 7.96. The first kappa shape index (κ1) is 20.4. The van der Waals surface area contributed by atoms with Gasteiger partial charge in [-0.3, -0.25) is 19.3 Å². The maximum absolute atomic E-state index is 12.7. The molecule has 3 rings (SSSR count). The van der Waals surface area contributed by atoms with E-state index in [4.69, 9.17) is 11.3 Å². The number of fused-ring (bicyclic) bond motifs is 1. The predicted octanol–water partition coefficient (Wildman–Crippen LogP) is -0.566. The van der Waals surface area contributed by atoms with Crippen LogP contribution in [0.3, 0.4) is 0 Å². The molecule has 11 nitrogen and oxygen atoms in total. The molecule has 1 aromatic heterocycles. The largest absolute Gasteiger partial charge is 0.477 e. The van der Waals surface area contributed by atoms with Crippen LogP contribution >= 0.6 is 23.1 Å². The molecule has 150 valence electrons. The highest BCUT2D eigenvalue weighted by atomic mass is 32.2. The Morgan fingerprint density at radius 3 is 3.03 bits per heavy atom. The molecule has 0 radical (unpaired) electrons. The molecule has 2 aliphatic rings. The van der Waals surface area contributed by atoms with E-state index < -0.39 is 29.2 Å². The summed E-state index contributed by atoms with van der Waals surface area (Å²) in [6, 6.07) is -0.931. The lowest BCUT2D eigenvalue weighted by molar-refractivity contribution is -0.150. The van der Waals surface area contributed by atoms with Gasteiger partial charge in [0.25, 0.3) is 11.8 Å². The number of carbonyl (C=O) groups is 4. The first-order valence-corrected chi connectivity index (χ1v) is 9.89. The Bertz CT molecular complexity index is 965. The Morgan fingerprint density at radius 1 is 1.55 bits per heavy atom. The van der Waals surface area contributed by atoms with Crippen LogP contribution in [0.25, 0.3) is 0 Å². The number of thioether (sulfide) groups is 1. The van der Waals surface area contributed by atoms with E-state index in [1.165, 1.54) is 23.2 Å². The lowest BCUT2D eigenvalue weighted by atomic mass is 10.0. The number of nitrogens with zero attached hydrogens (tertiary/aromatic N) is 3. The Hall–Kier alpha value is -3.37. The smallest absolute Gasteiger partial charge is 0.352 e. The van der Waals surface area contributed by atoms with Crippen LogP contribution in [0.15, 0.2) is 22.3 Å². The maximum atomic E-state index is 12.7. The Balaban J connectivity index is 1.77. The van der Waals surface area contributed by atoms with Crippen molar-refractivity contribution in [3.05, 3.63) is 22.8 Å². The molecular weight excluding hydrogens is 422 g/mol. The third kappa shape index (κ3) is 4.08. The number of anilines is 1. The second-order valence-corrected chi connectivity index (χ2v) is 7.50. The van der Waals surface area contributed by atoms with Gasteiger partial charge in [0, 0.05) is 11.1 Å². The van der Waals surface area contributed by atoms with Crippen LogP contribution in [-0.2, 0) is 24.0 Å². The van der Waals surface area contributed by atoms with E-state index in [0.29, 0.717) is 12.2 Å². The maximum Gasteiger partial charge on any atom is 0.352 e. The third-order valence-electron chi connectivity index (χ3n) is 3.80. The number of β-lactam (4-membered cyclic amide) rings is 1. The summed E-state index contributed by atoms with van der Waals surface area (Å²) >= 11 is 2.38. The topological polar surface area (TPSA) is 150 Å². The molecule has 0 saturated carbocycles. The molecule has 3 N–H and O–H groups in total. The average Bonchev–Trinajstić information content (AvgIpc) is 3.16. The lowest BCUT2D eigenvalue weighted by Gasteiger charge is -2.48. The lowest BCUT2D eigenvalue weighted by Crippen LogP contribution is -2.70. The van der Waals surface area contributed by atoms with Crippen molar-refractivity contribution in [1.82, 2.24) is 15.2 Å². The number of terminal acetylenes is 1. The van der Waals surface area contributed by atoms with Gasteiger partial charge < -0.3 is 20.6 Å². The van der Waals surface area contributed by atoms with Gasteiger partial charge in [-0.25, -0.2) is 9.78 Å². The summed E-state index contributed by atoms with van der Waals surface area (Å²) in [5.74, 6) is 0.0755. The molecule has 0 spiro atoms. The van der Waals surface area contributed by atoms with E-state index >= 15 is 0 Å². The second-order valence-electron chi connectivity index (χ2n) is 5.50. The number of rotatable bonds is 8. The summed E-state index contributed by atoms with van der Waals surface area (Å²) in [5, 5.41) is 18.9. The molecule has 0 bridgehead atoms. The van der Waals surface area contributed by atoms with Crippen LogP contribution in [0.2, 0.25) is 0 Å². The van der Waals surface area contributed by atoms with Gasteiger partial charge >= 0.3 is 5.97 Å². The summed E-state index contributed by atoms with van der Waals surface area (Å²) in [4.78, 5) is 57.0. The number of aromatic nitrogens is 1. The first-order chi connectivity index (χ1) is 14.0. The minimum Gasteiger partial charge on any atom is -0.477 e. The van der Waals surface area contributed by atoms with Crippen LogP contribution in [0.1, 0.15) is 5.69 Å². The molecule has 13 heteroatoms. The zero-order valence-electron chi connectivity index (χ0n) is 14.5. The fourth-order valence-electron chi connectivity index (χ4n) is 2.59. The summed E-state index contributed by atoms with van der Waals surface area (Å²) in [6.07, 6.45) is 6.98. The van der Waals surface area contributed by atoms with E-state index in [2.05, 4.69) is 26.7 Å². The molecule has 2 atom stereocenters. The number of hydrogen-bond donors (Lipinski definition) is 3. The molecular formula is C16H13N5O6S2. The number of carboxylic acid groups (broad SMARTS) is 1. The van der Waals surface area contributed by atoms with Gasteiger partial charge in [-0.15, -0.1) is 29.5 Å². The number of oxime groups is 1. The van der Waals surface area contributed by atoms with Crippen LogP contribution in [0, 0.1) is 12.3 Å². The number of thiazole rings is 1. The SMILES string of the molecule is C#CCON=C(C(=O)NC1C(=O)N2C(C(=O)O)=CCS[C@@H]12)c1csc(NC=O)n1. The fraction of sp³-hybridized carbons (Fsp3) is 0.250. The number of carboxylic acids is 1. The van der Waals surface area contributed by atoms with Crippen LogP contribution < -0.4 is 10.6 Å². The van der Waals surface area contributed by atoms with Crippen LogP contribution in [0.4, 0.5) is 5.13 Å². The van der Waals surface area contributed by atoms with E-state index in [-0.39, 0.29) is 28.8 Å². The standard InChI is InChI=1S/C16H13N5O6S2/c1-2-4-27-20-10(8-6-29-16(18-8)17-7-22)12(23)19-11-13(24)21-9(15(25)26)3-5-28-14(11)21/h1,3,6-7,11,14H,4-5H2,(H,19,23)(H,25,26)(H,17,18,22)/t11?,14-/m0/s1. The number of carbonyl (C=O) groups excluding carboxylic acids is 3. The van der Waals surface area contributed by atoms with Crippen molar-refractivity contribution in [3.63, 3.8) is 0 Å². The minimum absolute atomic E-state index is 0.111. The van der Waals surface area contributed by atoms with Crippen molar-refractivity contribution in [2.45, 2.75) is 11.4 Å². The highest BCUT2D eigenvalue weighted by Crippen LogP contribution is 2.37. The van der Waals surface area contributed by atoms with E-state index in [0.717, 1.165) is 16.2 Å². The summed E-state index contributed by atoms with van der Waals surface area (Å²) < 4.78 is 0. The van der Waals surface area contributed by atoms with E-state index in [1.807, 2.05) is 0 Å². The predicted molar refractivity (Wildman–Crippen MR) is 104 cm³/mol. The summed E-state index contributed by atoms with van der Waals surface area (Å²) in [7, 11) is 0. The molecule has 1 saturated heterocycles. The Kier molecular flexibility index (Phi) is 6.15. The van der Waals surface area contributed by atoms with Crippen molar-refractivity contribution in [1.29, 1.82) is 0 Å². The van der Waals surface area contributed by atoms with Gasteiger partial charge in [0.05, 0.1) is 0 Å². The van der Waals surface area contributed by atoms with Crippen molar-refractivity contribution in [3.8, 4) is 12.3 Å². The molecule has 1 aromatic rings. The Labute approximate surface area is 172 Å². The molecule has 29 heavy (non-hydrogen) atoms. The molecule has 2 aliphatic heterocycles. The summed E-state index contributed by atoms with van der Waals surface area (Å²) in [5.41, 5.74) is -0.240. The normalized spacial score (nSPS) is 20.5. The average molecular weight is 435 g/mol. The van der Waals surface area contributed by atoms with E-state index in [9.17, 15) is 24.3 Å². The van der Waals surface area contributed by atoms with Gasteiger partial charge in [-0.05, 0) is 6.08 Å². The van der Waals surface area contributed by atoms with Gasteiger partial charge in [-0.1, -0.05) is 11.1 Å². The molecule has 3 amide bonds. The third-order valence-corrected chi connectivity index (χ3v) is 5.76. The van der Waals surface area contributed by atoms with Gasteiger partial charge in [0.1, 0.15) is 22.8 Å². The number of hydrogen-bond acceptors (Lipinski definition) is 9. The van der Waals surface area contributed by atoms with Crippen molar-refractivity contribution < 1.29 is 29.1 Å². The zero-order chi connectivity index (χ0) is 21.0. The van der Waals surface area contributed by atoms with Crippen molar-refractivity contribution in [2.24, 2.45) is 5.16 Å². The minimum atomic E-state index is -1.21. The molecule has 0 aliphatic carbocycles. The van der Waals surface area contributed by atoms with Crippen molar-refractivity contribution in [2.75, 3.05) is 17.7 Å². The van der Waals surface area contributed by atoms with Crippen molar-refractivity contribution >= 4 is 58.1 Å². The molecule has 3 heterocycles. The molecule has 1 fully saturated rings. The quantitative estimate of drug-likeness (QED) is 0.123. The highest BCUT2D eigenvalue weighted by Gasteiger charge is 2.53. The molecule has 1 unspecified atom stereocenters. The number of aliphatic carboxylic acids is 1. The zero-order valence-corrected chi connectivity index (χ0v) is 16.2. The summed E-state index contributed by atoms with van der Waals surface area (Å²) in [6.45, 7) is -0.193. The Morgan fingerprint density at radius 2 is 2.34 bits per heavy atom. The van der Waals surface area contributed by atoms with Gasteiger partial charge in [0.15, 0.2) is 17.5 Å². The van der Waals surface area contributed by atoms with E-state index in [1.54, 1.807) is 0 Å². The number of nitrogens with one attached hydrogen (secondary N) is 2. The van der Waals surface area contributed by atoms with Gasteiger partial charge in [0.2, 0.25) is 6.41 Å². The monoisotopic (exact) mass is 435 g/mol. The number of amides is 3. The van der Waals surface area contributed by atoms with Crippen LogP contribution in [0.5, 0.6) is 0 Å². The van der Waals surface area contributed by atoms with Crippen LogP contribution in [-0.4, -0.2) is 68.7 Å². The highest BCUT2D eigenvalue weighted by molar-refractivity contribution is 8.00.